The van der Waals surface area contributed by atoms with E-state index in [1.165, 1.54) is 31.9 Å². The minimum Gasteiger partial charge on any atom is -0.397 e. The third kappa shape index (κ3) is 2.40. The van der Waals surface area contributed by atoms with Gasteiger partial charge < -0.3 is 11.1 Å². The molecule has 1 heterocycles. The average molecular weight is 231 g/mol. The monoisotopic (exact) mass is 231 g/mol. The molecule has 0 unspecified atom stereocenters. The van der Waals surface area contributed by atoms with Crippen LogP contribution in [0, 0.1) is 11.8 Å². The Balaban J connectivity index is 1.67. The highest BCUT2D eigenvalue weighted by molar-refractivity contribution is 5.92. The first kappa shape index (κ1) is 10.6. The van der Waals surface area contributed by atoms with Crippen molar-refractivity contribution in [3.05, 3.63) is 24.0 Å². The number of carbonyl (C=O) groups excluding carboxylic acids is 1. The van der Waals surface area contributed by atoms with Crippen molar-refractivity contribution < 1.29 is 4.79 Å². The number of nitrogens with zero attached hydrogens (tertiary/aromatic N) is 1. The minimum atomic E-state index is -0.0613. The SMILES string of the molecule is Nc1ccc(C(=O)NC(C2CC2)C2CC2)nc1. The Morgan fingerprint density at radius 1 is 1.29 bits per heavy atom. The summed E-state index contributed by atoms with van der Waals surface area (Å²) in [5.74, 6) is 1.36. The normalized spacial score (nSPS) is 19.4. The molecule has 0 bridgehead atoms. The Morgan fingerprint density at radius 3 is 2.41 bits per heavy atom. The predicted molar refractivity (Wildman–Crippen MR) is 65.4 cm³/mol. The Kier molecular flexibility index (Phi) is 2.50. The zero-order chi connectivity index (χ0) is 11.8. The fourth-order valence-electron chi connectivity index (χ4n) is 2.30. The molecule has 4 nitrogen and oxygen atoms in total. The summed E-state index contributed by atoms with van der Waals surface area (Å²) in [5.41, 5.74) is 6.60. The van der Waals surface area contributed by atoms with Crippen LogP contribution in [0.4, 0.5) is 5.69 Å². The molecule has 2 aliphatic rings. The molecule has 0 spiro atoms. The molecule has 90 valence electrons. The average Bonchev–Trinajstić information content (AvgIpc) is 3.17. The van der Waals surface area contributed by atoms with Crippen LogP contribution in [0.3, 0.4) is 0 Å². The van der Waals surface area contributed by atoms with Crippen molar-refractivity contribution in [2.45, 2.75) is 31.7 Å². The molecule has 2 fully saturated rings. The van der Waals surface area contributed by atoms with Crippen LogP contribution in [0.5, 0.6) is 0 Å². The number of hydrogen-bond acceptors (Lipinski definition) is 3. The Labute approximate surface area is 101 Å². The molecule has 1 aromatic heterocycles. The number of aromatic nitrogens is 1. The van der Waals surface area contributed by atoms with Crippen LogP contribution < -0.4 is 11.1 Å². The summed E-state index contributed by atoms with van der Waals surface area (Å²) in [5, 5.41) is 3.13. The lowest BCUT2D eigenvalue weighted by Crippen LogP contribution is -2.38. The lowest BCUT2D eigenvalue weighted by molar-refractivity contribution is 0.0921. The molecule has 1 aromatic rings. The second-order valence-corrected chi connectivity index (χ2v) is 5.15. The van der Waals surface area contributed by atoms with Crippen molar-refractivity contribution in [1.29, 1.82) is 0 Å². The highest BCUT2D eigenvalue weighted by Gasteiger charge is 2.42. The molecule has 3 rings (SSSR count). The van der Waals surface area contributed by atoms with Crippen molar-refractivity contribution >= 4 is 11.6 Å². The van der Waals surface area contributed by atoms with E-state index in [-0.39, 0.29) is 5.91 Å². The maximum atomic E-state index is 12.0. The summed E-state index contributed by atoms with van der Waals surface area (Å²) in [6.45, 7) is 0. The first-order valence-corrected chi connectivity index (χ1v) is 6.26. The Morgan fingerprint density at radius 2 is 1.94 bits per heavy atom. The fraction of sp³-hybridized carbons (Fsp3) is 0.538. The van der Waals surface area contributed by atoms with Gasteiger partial charge in [0.25, 0.3) is 5.91 Å². The van der Waals surface area contributed by atoms with Crippen LogP contribution >= 0.6 is 0 Å². The van der Waals surface area contributed by atoms with E-state index < -0.39 is 0 Å². The summed E-state index contributed by atoms with van der Waals surface area (Å²) >= 11 is 0. The fourth-order valence-corrected chi connectivity index (χ4v) is 2.30. The van der Waals surface area contributed by atoms with Crippen LogP contribution in [0.25, 0.3) is 0 Å². The molecular formula is C13H17N3O. The van der Waals surface area contributed by atoms with Crippen LogP contribution in [-0.2, 0) is 0 Å². The number of hydrogen-bond donors (Lipinski definition) is 2. The van der Waals surface area contributed by atoms with Crippen molar-refractivity contribution in [2.75, 3.05) is 5.73 Å². The maximum absolute atomic E-state index is 12.0. The van der Waals surface area contributed by atoms with E-state index in [9.17, 15) is 4.79 Å². The summed E-state index contributed by atoms with van der Waals surface area (Å²) in [4.78, 5) is 16.1. The molecule has 17 heavy (non-hydrogen) atoms. The molecular weight excluding hydrogens is 214 g/mol. The summed E-state index contributed by atoms with van der Waals surface area (Å²) in [6, 6.07) is 3.77. The maximum Gasteiger partial charge on any atom is 0.270 e. The molecule has 1 amide bonds. The summed E-state index contributed by atoms with van der Waals surface area (Å²) < 4.78 is 0. The van der Waals surface area contributed by atoms with Gasteiger partial charge in [0.15, 0.2) is 0 Å². The van der Waals surface area contributed by atoms with E-state index in [0.29, 0.717) is 29.3 Å². The van der Waals surface area contributed by atoms with Crippen molar-refractivity contribution in [3.63, 3.8) is 0 Å². The van der Waals surface area contributed by atoms with Crippen molar-refractivity contribution in [3.8, 4) is 0 Å². The quantitative estimate of drug-likeness (QED) is 0.826. The number of nitrogens with one attached hydrogen (secondary N) is 1. The lowest BCUT2D eigenvalue weighted by atomic mass is 10.1. The second-order valence-electron chi connectivity index (χ2n) is 5.15. The number of anilines is 1. The van der Waals surface area contributed by atoms with Crippen molar-refractivity contribution in [1.82, 2.24) is 10.3 Å². The van der Waals surface area contributed by atoms with E-state index in [1.54, 1.807) is 12.1 Å². The molecule has 0 atom stereocenters. The number of nitrogens with two attached hydrogens (primary N) is 1. The van der Waals surface area contributed by atoms with Gasteiger partial charge in [-0.05, 0) is 49.7 Å². The number of amides is 1. The van der Waals surface area contributed by atoms with Gasteiger partial charge in [-0.3, -0.25) is 4.79 Å². The first-order valence-electron chi connectivity index (χ1n) is 6.26. The van der Waals surface area contributed by atoms with Crippen LogP contribution in [-0.4, -0.2) is 16.9 Å². The van der Waals surface area contributed by atoms with E-state index >= 15 is 0 Å². The zero-order valence-corrected chi connectivity index (χ0v) is 9.73. The van der Waals surface area contributed by atoms with Gasteiger partial charge in [0, 0.05) is 6.04 Å². The summed E-state index contributed by atoms with van der Waals surface area (Å²) in [6.07, 6.45) is 6.57. The molecule has 0 aromatic carbocycles. The standard InChI is InChI=1S/C13H17N3O/c14-10-5-6-11(15-7-10)13(17)16-12(8-1-2-8)9-3-4-9/h5-9,12H,1-4,14H2,(H,16,17). The van der Waals surface area contributed by atoms with E-state index in [0.717, 1.165) is 0 Å². The largest absolute Gasteiger partial charge is 0.397 e. The smallest absolute Gasteiger partial charge is 0.270 e. The van der Waals surface area contributed by atoms with Crippen LogP contribution in [0.2, 0.25) is 0 Å². The minimum absolute atomic E-state index is 0.0613. The molecule has 0 saturated heterocycles. The highest BCUT2D eigenvalue weighted by atomic mass is 16.1. The Hall–Kier alpha value is -1.58. The van der Waals surface area contributed by atoms with E-state index in [2.05, 4.69) is 10.3 Å². The van der Waals surface area contributed by atoms with Gasteiger partial charge in [-0.25, -0.2) is 4.98 Å². The predicted octanol–water partition coefficient (Wildman–Crippen LogP) is 1.58. The molecule has 4 heteroatoms. The van der Waals surface area contributed by atoms with Gasteiger partial charge in [-0.1, -0.05) is 0 Å². The van der Waals surface area contributed by atoms with Gasteiger partial charge in [-0.15, -0.1) is 0 Å². The van der Waals surface area contributed by atoms with Gasteiger partial charge >= 0.3 is 0 Å². The zero-order valence-electron chi connectivity index (χ0n) is 9.73. The number of rotatable bonds is 4. The lowest BCUT2D eigenvalue weighted by Gasteiger charge is -2.17. The topological polar surface area (TPSA) is 68.0 Å². The van der Waals surface area contributed by atoms with Gasteiger partial charge in [0.1, 0.15) is 5.69 Å². The number of pyridine rings is 1. The van der Waals surface area contributed by atoms with Crippen molar-refractivity contribution in [2.24, 2.45) is 11.8 Å². The first-order chi connectivity index (χ1) is 8.24. The molecule has 0 radical (unpaired) electrons. The van der Waals surface area contributed by atoms with Gasteiger partial charge in [0.2, 0.25) is 0 Å². The van der Waals surface area contributed by atoms with Gasteiger partial charge in [-0.2, -0.15) is 0 Å². The third-order valence-corrected chi connectivity index (χ3v) is 3.58. The molecule has 2 saturated carbocycles. The third-order valence-electron chi connectivity index (χ3n) is 3.58. The molecule has 0 aliphatic heterocycles. The Bertz CT molecular complexity index is 409. The van der Waals surface area contributed by atoms with E-state index in [1.807, 2.05) is 0 Å². The van der Waals surface area contributed by atoms with Crippen LogP contribution in [0.1, 0.15) is 36.2 Å². The van der Waals surface area contributed by atoms with Gasteiger partial charge in [0.05, 0.1) is 11.9 Å². The summed E-state index contributed by atoms with van der Waals surface area (Å²) in [7, 11) is 0. The number of carbonyl (C=O) groups is 1. The van der Waals surface area contributed by atoms with Crippen LogP contribution in [0.15, 0.2) is 18.3 Å². The van der Waals surface area contributed by atoms with E-state index in [4.69, 9.17) is 5.73 Å². The second kappa shape index (κ2) is 4.02. The number of nitrogen functional groups attached to an aromatic ring is 1. The molecule has 3 N–H and O–H groups in total. The molecule has 2 aliphatic carbocycles. The highest BCUT2D eigenvalue weighted by Crippen LogP contribution is 2.44.